The molecule has 0 spiro atoms. The molecule has 4 rings (SSSR count). The van der Waals surface area contributed by atoms with Crippen LogP contribution in [0.4, 0.5) is 11.4 Å². The van der Waals surface area contributed by atoms with Crippen molar-refractivity contribution in [3.05, 3.63) is 76.8 Å². The van der Waals surface area contributed by atoms with Gasteiger partial charge in [-0.2, -0.15) is 0 Å². The molecule has 0 radical (unpaired) electrons. The van der Waals surface area contributed by atoms with Gasteiger partial charge in [0, 0.05) is 23.0 Å². The quantitative estimate of drug-likeness (QED) is 0.495. The first kappa shape index (κ1) is 23.3. The summed E-state index contributed by atoms with van der Waals surface area (Å²) >= 11 is 6.65. The molecule has 1 heterocycles. The van der Waals surface area contributed by atoms with Crippen LogP contribution in [0.25, 0.3) is 0 Å². The van der Waals surface area contributed by atoms with Crippen LogP contribution in [-0.2, 0) is 4.79 Å². The number of ether oxygens (including phenoxy) is 3. The highest BCUT2D eigenvalue weighted by Gasteiger charge is 2.35. The van der Waals surface area contributed by atoms with Gasteiger partial charge in [-0.1, -0.05) is 23.7 Å². The fourth-order valence-electron chi connectivity index (χ4n) is 3.79. The number of amides is 2. The first-order chi connectivity index (χ1) is 16.4. The van der Waals surface area contributed by atoms with E-state index in [0.717, 1.165) is 0 Å². The zero-order valence-electron chi connectivity index (χ0n) is 18.7. The molecule has 0 aliphatic carbocycles. The van der Waals surface area contributed by atoms with Gasteiger partial charge in [-0.15, -0.1) is 0 Å². The Morgan fingerprint density at radius 1 is 1.09 bits per heavy atom. The number of nitrogens with zero attached hydrogens (tertiary/aromatic N) is 1. The van der Waals surface area contributed by atoms with Crippen molar-refractivity contribution in [3.63, 3.8) is 0 Å². The van der Waals surface area contributed by atoms with Gasteiger partial charge in [-0.3, -0.25) is 14.5 Å². The van der Waals surface area contributed by atoms with Gasteiger partial charge in [0.2, 0.25) is 0 Å². The van der Waals surface area contributed by atoms with Crippen molar-refractivity contribution in [2.75, 3.05) is 30.5 Å². The van der Waals surface area contributed by atoms with Crippen molar-refractivity contribution in [1.82, 2.24) is 0 Å². The monoisotopic (exact) mass is 481 g/mol. The Balaban J connectivity index is 1.80. The van der Waals surface area contributed by atoms with Gasteiger partial charge in [0.15, 0.2) is 18.1 Å². The van der Waals surface area contributed by atoms with Crippen LogP contribution in [-0.4, -0.2) is 32.1 Å². The van der Waals surface area contributed by atoms with Crippen molar-refractivity contribution >= 4 is 34.8 Å². The van der Waals surface area contributed by atoms with Gasteiger partial charge < -0.3 is 25.3 Å². The number of primary amides is 1. The second-order valence-corrected chi connectivity index (χ2v) is 7.88. The minimum Gasteiger partial charge on any atom is -0.494 e. The molecular weight excluding hydrogens is 458 g/mol. The third kappa shape index (κ3) is 4.58. The molecule has 9 heteroatoms. The van der Waals surface area contributed by atoms with Crippen LogP contribution < -0.4 is 30.2 Å². The second-order valence-electron chi connectivity index (χ2n) is 7.47. The highest BCUT2D eigenvalue weighted by atomic mass is 35.5. The van der Waals surface area contributed by atoms with Crippen molar-refractivity contribution in [3.8, 4) is 17.2 Å². The van der Waals surface area contributed by atoms with Crippen LogP contribution in [0.5, 0.6) is 17.2 Å². The number of benzene rings is 3. The first-order valence-corrected chi connectivity index (χ1v) is 11.0. The lowest BCUT2D eigenvalue weighted by Crippen LogP contribution is -2.43. The Bertz CT molecular complexity index is 1220. The number of rotatable bonds is 8. The van der Waals surface area contributed by atoms with E-state index in [1.54, 1.807) is 23.1 Å². The summed E-state index contributed by atoms with van der Waals surface area (Å²) in [5.74, 6) is 0.509. The maximum Gasteiger partial charge on any atom is 0.262 e. The van der Waals surface area contributed by atoms with Crippen molar-refractivity contribution in [2.24, 2.45) is 5.73 Å². The number of nitrogens with two attached hydrogens (primary N) is 1. The molecule has 1 atom stereocenters. The van der Waals surface area contributed by atoms with E-state index < -0.39 is 12.1 Å². The lowest BCUT2D eigenvalue weighted by Gasteiger charge is -2.38. The van der Waals surface area contributed by atoms with E-state index >= 15 is 0 Å². The molecule has 8 nitrogen and oxygen atoms in total. The minimum atomic E-state index is -0.646. The molecule has 176 valence electrons. The van der Waals surface area contributed by atoms with Crippen molar-refractivity contribution < 1.29 is 23.8 Å². The predicted molar refractivity (Wildman–Crippen MR) is 130 cm³/mol. The van der Waals surface area contributed by atoms with Crippen LogP contribution >= 0.6 is 11.6 Å². The van der Waals surface area contributed by atoms with Crippen LogP contribution in [0, 0.1) is 0 Å². The molecule has 2 amide bonds. The largest absolute Gasteiger partial charge is 0.494 e. The Morgan fingerprint density at radius 2 is 1.82 bits per heavy atom. The van der Waals surface area contributed by atoms with E-state index in [-0.39, 0.29) is 18.3 Å². The number of halogens is 1. The summed E-state index contributed by atoms with van der Waals surface area (Å²) in [6, 6.07) is 17.8. The molecule has 0 fully saturated rings. The van der Waals surface area contributed by atoms with Crippen LogP contribution in [0.15, 0.2) is 60.7 Å². The normalized spacial score (nSPS) is 14.7. The number of carbonyl (C=O) groups is 2. The first-order valence-electron chi connectivity index (χ1n) is 10.6. The summed E-state index contributed by atoms with van der Waals surface area (Å²) in [7, 11) is 1.48. The van der Waals surface area contributed by atoms with E-state index in [2.05, 4.69) is 5.32 Å². The summed E-state index contributed by atoms with van der Waals surface area (Å²) in [6.45, 7) is 2.13. The maximum absolute atomic E-state index is 13.6. The Hall–Kier alpha value is -3.91. The Labute approximate surface area is 202 Å². The third-order valence-corrected chi connectivity index (χ3v) is 5.63. The van der Waals surface area contributed by atoms with Crippen molar-refractivity contribution in [2.45, 2.75) is 13.1 Å². The van der Waals surface area contributed by atoms with Gasteiger partial charge in [0.05, 0.1) is 24.3 Å². The zero-order valence-corrected chi connectivity index (χ0v) is 19.5. The average molecular weight is 482 g/mol. The molecule has 0 saturated carbocycles. The number of carbonyl (C=O) groups excluding carboxylic acids is 2. The van der Waals surface area contributed by atoms with Crippen LogP contribution in [0.1, 0.15) is 29.0 Å². The fraction of sp³-hybridized carbons (Fsp3) is 0.200. The van der Waals surface area contributed by atoms with Gasteiger partial charge >= 0.3 is 0 Å². The fourth-order valence-corrected chi connectivity index (χ4v) is 4.05. The molecule has 3 aromatic rings. The summed E-state index contributed by atoms with van der Waals surface area (Å²) in [4.78, 5) is 26.4. The number of methoxy groups -OCH3 is 1. The number of nitrogens with one attached hydrogen (secondary N) is 1. The molecule has 0 aromatic heterocycles. The SMILES string of the molecule is CCOc1ccc(N2C(=O)c3ccccc3N[C@H]2c2cc(OC)c(OCC(N)=O)cc2Cl)cc1. The number of para-hydroxylation sites is 1. The van der Waals surface area contributed by atoms with Gasteiger partial charge in [0.25, 0.3) is 11.8 Å². The lowest BCUT2D eigenvalue weighted by molar-refractivity contribution is -0.119. The van der Waals surface area contributed by atoms with E-state index in [4.69, 9.17) is 31.5 Å². The maximum atomic E-state index is 13.6. The summed E-state index contributed by atoms with van der Waals surface area (Å²) < 4.78 is 16.4. The van der Waals surface area contributed by atoms with E-state index in [0.29, 0.717) is 45.6 Å². The topological polar surface area (TPSA) is 103 Å². The van der Waals surface area contributed by atoms with E-state index in [1.165, 1.54) is 7.11 Å². The predicted octanol–water partition coefficient (Wildman–Crippen LogP) is 4.38. The van der Waals surface area contributed by atoms with Crippen LogP contribution in [0.3, 0.4) is 0 Å². The molecule has 0 saturated heterocycles. The molecule has 1 aliphatic rings. The number of hydrogen-bond acceptors (Lipinski definition) is 6. The summed E-state index contributed by atoms with van der Waals surface area (Å²) in [5.41, 5.74) is 7.65. The standard InChI is InChI=1S/C25H24ClN3O5/c1-3-33-16-10-8-15(9-11-16)29-24(28-20-7-5-4-6-17(20)25(29)31)18-12-21(32-2)22(13-19(18)26)34-14-23(27)30/h4-13,24,28H,3,14H2,1-2H3,(H2,27,30)/t24-/m1/s1. The van der Waals surface area contributed by atoms with Crippen LogP contribution in [0.2, 0.25) is 5.02 Å². The highest BCUT2D eigenvalue weighted by Crippen LogP contribution is 2.42. The van der Waals surface area contributed by atoms with E-state index in [9.17, 15) is 9.59 Å². The highest BCUT2D eigenvalue weighted by molar-refractivity contribution is 6.31. The third-order valence-electron chi connectivity index (χ3n) is 5.30. The minimum absolute atomic E-state index is 0.187. The Kier molecular flexibility index (Phi) is 6.79. The Morgan fingerprint density at radius 3 is 2.50 bits per heavy atom. The van der Waals surface area contributed by atoms with Gasteiger partial charge in [-0.05, 0) is 49.4 Å². The molecule has 3 aromatic carbocycles. The average Bonchev–Trinajstić information content (AvgIpc) is 2.83. The molecule has 0 bridgehead atoms. The number of anilines is 2. The molecule has 0 unspecified atom stereocenters. The molecule has 1 aliphatic heterocycles. The molecular formula is C25H24ClN3O5. The molecule has 3 N–H and O–H groups in total. The van der Waals surface area contributed by atoms with Gasteiger partial charge in [-0.25, -0.2) is 0 Å². The number of hydrogen-bond donors (Lipinski definition) is 2. The van der Waals surface area contributed by atoms with Crippen molar-refractivity contribution in [1.29, 1.82) is 0 Å². The van der Waals surface area contributed by atoms with Gasteiger partial charge in [0.1, 0.15) is 11.9 Å². The number of fused-ring (bicyclic) bond motifs is 1. The molecule has 34 heavy (non-hydrogen) atoms. The van der Waals surface area contributed by atoms with E-state index in [1.807, 2.05) is 49.4 Å². The zero-order chi connectivity index (χ0) is 24.2. The summed E-state index contributed by atoms with van der Waals surface area (Å²) in [6.07, 6.45) is -0.646. The summed E-state index contributed by atoms with van der Waals surface area (Å²) in [5, 5.41) is 3.73. The lowest BCUT2D eigenvalue weighted by atomic mass is 10.0. The second kappa shape index (κ2) is 9.93. The smallest absolute Gasteiger partial charge is 0.262 e.